The zero-order valence-electron chi connectivity index (χ0n) is 15.4. The van der Waals surface area contributed by atoms with Crippen LogP contribution in [0.25, 0.3) is 11.3 Å². The average molecular weight is 399 g/mol. The average Bonchev–Trinajstić information content (AvgIpc) is 3.17. The quantitative estimate of drug-likeness (QED) is 0.475. The van der Waals surface area contributed by atoms with Crippen molar-refractivity contribution >= 4 is 23.7 Å². The molecule has 0 aliphatic heterocycles. The molecule has 0 radical (unpaired) electrons. The van der Waals surface area contributed by atoms with Gasteiger partial charge in [0.2, 0.25) is 5.91 Å². The van der Waals surface area contributed by atoms with Crippen molar-refractivity contribution in [1.82, 2.24) is 5.43 Å². The van der Waals surface area contributed by atoms with E-state index in [4.69, 9.17) is 25.5 Å². The van der Waals surface area contributed by atoms with Crippen molar-refractivity contribution < 1.29 is 18.7 Å². The number of carbonyl (C=O) groups is 1. The number of hydrogen-bond donors (Lipinski definition) is 1. The fourth-order valence-corrected chi connectivity index (χ4v) is 2.75. The van der Waals surface area contributed by atoms with E-state index in [2.05, 4.69) is 10.5 Å². The SMILES string of the molecule is COc1ccc(CC(=O)N/N=C\c2ccc(-c3cc(Cl)ccc3OC)o2)cc1. The Morgan fingerprint density at radius 1 is 1.11 bits per heavy atom. The molecule has 0 aliphatic rings. The summed E-state index contributed by atoms with van der Waals surface area (Å²) in [6.45, 7) is 0. The molecule has 6 nitrogen and oxygen atoms in total. The van der Waals surface area contributed by atoms with Crippen molar-refractivity contribution in [1.29, 1.82) is 0 Å². The second-order valence-corrected chi connectivity index (χ2v) is 6.30. The van der Waals surface area contributed by atoms with Gasteiger partial charge in [0.1, 0.15) is 23.0 Å². The molecular formula is C21H19ClN2O4. The lowest BCUT2D eigenvalue weighted by Gasteiger charge is -2.06. The fraction of sp³-hybridized carbons (Fsp3) is 0.143. The van der Waals surface area contributed by atoms with Crippen molar-refractivity contribution in [3.8, 4) is 22.8 Å². The summed E-state index contributed by atoms with van der Waals surface area (Å²) < 4.78 is 16.2. The van der Waals surface area contributed by atoms with E-state index in [1.165, 1.54) is 6.21 Å². The molecule has 0 spiro atoms. The van der Waals surface area contributed by atoms with Crippen LogP contribution >= 0.6 is 11.6 Å². The first-order valence-electron chi connectivity index (χ1n) is 8.47. The number of methoxy groups -OCH3 is 2. The summed E-state index contributed by atoms with van der Waals surface area (Å²) in [6.07, 6.45) is 1.65. The van der Waals surface area contributed by atoms with Crippen LogP contribution in [0.4, 0.5) is 0 Å². The van der Waals surface area contributed by atoms with E-state index in [0.29, 0.717) is 22.3 Å². The predicted molar refractivity (Wildman–Crippen MR) is 108 cm³/mol. The van der Waals surface area contributed by atoms with Crippen molar-refractivity contribution in [3.05, 3.63) is 70.9 Å². The van der Waals surface area contributed by atoms with E-state index in [9.17, 15) is 4.79 Å². The van der Waals surface area contributed by atoms with E-state index >= 15 is 0 Å². The van der Waals surface area contributed by atoms with Crippen LogP contribution in [-0.2, 0) is 11.2 Å². The van der Waals surface area contributed by atoms with Crippen LogP contribution in [0, 0.1) is 0 Å². The molecular weight excluding hydrogens is 380 g/mol. The summed E-state index contributed by atoms with van der Waals surface area (Å²) in [5, 5.41) is 4.52. The number of nitrogens with zero attached hydrogens (tertiary/aromatic N) is 1. The molecule has 1 N–H and O–H groups in total. The van der Waals surface area contributed by atoms with Crippen molar-refractivity contribution in [2.75, 3.05) is 14.2 Å². The zero-order valence-corrected chi connectivity index (χ0v) is 16.2. The van der Waals surface area contributed by atoms with Gasteiger partial charge >= 0.3 is 0 Å². The Kier molecular flexibility index (Phi) is 6.34. The molecule has 28 heavy (non-hydrogen) atoms. The first-order valence-corrected chi connectivity index (χ1v) is 8.85. The number of nitrogens with one attached hydrogen (secondary N) is 1. The molecule has 3 rings (SSSR count). The molecule has 0 fully saturated rings. The summed E-state index contributed by atoms with van der Waals surface area (Å²) in [4.78, 5) is 12.0. The largest absolute Gasteiger partial charge is 0.497 e. The molecule has 144 valence electrons. The van der Waals surface area contributed by atoms with Crippen LogP contribution in [0.15, 0.2) is 64.1 Å². The van der Waals surface area contributed by atoms with E-state index in [1.54, 1.807) is 56.7 Å². The molecule has 0 bridgehead atoms. The number of ether oxygens (including phenoxy) is 2. The van der Waals surface area contributed by atoms with Crippen LogP contribution in [0.1, 0.15) is 11.3 Å². The summed E-state index contributed by atoms with van der Waals surface area (Å²) in [5.74, 6) is 2.24. The van der Waals surface area contributed by atoms with E-state index in [-0.39, 0.29) is 12.3 Å². The smallest absolute Gasteiger partial charge is 0.244 e. The highest BCUT2D eigenvalue weighted by Crippen LogP contribution is 2.33. The Hall–Kier alpha value is -3.25. The molecule has 0 atom stereocenters. The number of rotatable bonds is 7. The van der Waals surface area contributed by atoms with Crippen LogP contribution < -0.4 is 14.9 Å². The van der Waals surface area contributed by atoms with Crippen LogP contribution in [-0.4, -0.2) is 26.3 Å². The Labute approximate surface area is 167 Å². The van der Waals surface area contributed by atoms with Crippen LogP contribution in [0.5, 0.6) is 11.5 Å². The normalized spacial score (nSPS) is 10.8. The van der Waals surface area contributed by atoms with Gasteiger partial charge in [0, 0.05) is 5.02 Å². The lowest BCUT2D eigenvalue weighted by molar-refractivity contribution is -0.120. The number of furan rings is 1. The van der Waals surface area contributed by atoms with Gasteiger partial charge in [0.25, 0.3) is 0 Å². The minimum atomic E-state index is -0.232. The molecule has 0 unspecified atom stereocenters. The Morgan fingerprint density at radius 2 is 1.89 bits per heavy atom. The number of halogens is 1. The van der Waals surface area contributed by atoms with Gasteiger partial charge in [-0.05, 0) is 48.0 Å². The number of hydrogen-bond acceptors (Lipinski definition) is 5. The van der Waals surface area contributed by atoms with Crippen LogP contribution in [0.2, 0.25) is 5.02 Å². The van der Waals surface area contributed by atoms with Crippen molar-refractivity contribution in [2.45, 2.75) is 6.42 Å². The summed E-state index contributed by atoms with van der Waals surface area (Å²) in [5.41, 5.74) is 4.08. The molecule has 7 heteroatoms. The predicted octanol–water partition coefficient (Wildman–Crippen LogP) is 4.31. The van der Waals surface area contributed by atoms with Gasteiger partial charge in [0.05, 0.1) is 32.4 Å². The lowest BCUT2D eigenvalue weighted by Crippen LogP contribution is -2.19. The monoisotopic (exact) mass is 398 g/mol. The number of amides is 1. The summed E-state index contributed by atoms with van der Waals surface area (Å²) in [7, 11) is 3.18. The number of benzene rings is 2. The van der Waals surface area contributed by atoms with Gasteiger partial charge in [-0.15, -0.1) is 0 Å². The van der Waals surface area contributed by atoms with Gasteiger partial charge in [-0.25, -0.2) is 5.43 Å². The molecule has 0 saturated carbocycles. The topological polar surface area (TPSA) is 73.1 Å². The minimum absolute atomic E-state index is 0.213. The Morgan fingerprint density at radius 3 is 2.61 bits per heavy atom. The van der Waals surface area contributed by atoms with Gasteiger partial charge in [0.15, 0.2) is 0 Å². The maximum Gasteiger partial charge on any atom is 0.244 e. The molecule has 1 aromatic heterocycles. The Bertz CT molecular complexity index is 980. The maximum absolute atomic E-state index is 12.0. The first kappa shape index (κ1) is 19.5. The third kappa shape index (κ3) is 4.92. The molecule has 0 aliphatic carbocycles. The van der Waals surface area contributed by atoms with E-state index < -0.39 is 0 Å². The minimum Gasteiger partial charge on any atom is -0.497 e. The highest BCUT2D eigenvalue weighted by atomic mass is 35.5. The van der Waals surface area contributed by atoms with E-state index in [0.717, 1.165) is 16.9 Å². The summed E-state index contributed by atoms with van der Waals surface area (Å²) >= 11 is 6.05. The third-order valence-electron chi connectivity index (χ3n) is 3.96. The number of carbonyl (C=O) groups excluding carboxylic acids is 1. The lowest BCUT2D eigenvalue weighted by atomic mass is 10.1. The maximum atomic E-state index is 12.0. The standard InChI is InChI=1S/C21H19ClN2O4/c1-26-16-6-3-14(4-7-16)11-21(25)24-23-13-17-8-10-20(28-17)18-12-15(22)5-9-19(18)27-2/h3-10,12-13H,11H2,1-2H3,(H,24,25)/b23-13-. The highest BCUT2D eigenvalue weighted by molar-refractivity contribution is 6.30. The van der Waals surface area contributed by atoms with Gasteiger partial charge < -0.3 is 13.9 Å². The molecule has 2 aromatic carbocycles. The molecule has 1 heterocycles. The van der Waals surface area contributed by atoms with Crippen molar-refractivity contribution in [2.24, 2.45) is 5.10 Å². The summed E-state index contributed by atoms with van der Waals surface area (Å²) in [6, 6.07) is 16.1. The highest BCUT2D eigenvalue weighted by Gasteiger charge is 2.11. The Balaban J connectivity index is 1.61. The molecule has 3 aromatic rings. The second-order valence-electron chi connectivity index (χ2n) is 5.86. The van der Waals surface area contributed by atoms with Gasteiger partial charge in [-0.2, -0.15) is 5.10 Å². The van der Waals surface area contributed by atoms with Gasteiger partial charge in [-0.1, -0.05) is 23.7 Å². The fourth-order valence-electron chi connectivity index (χ4n) is 2.58. The van der Waals surface area contributed by atoms with Gasteiger partial charge in [-0.3, -0.25) is 4.79 Å². The second kappa shape index (κ2) is 9.10. The van der Waals surface area contributed by atoms with E-state index in [1.807, 2.05) is 12.1 Å². The third-order valence-corrected chi connectivity index (χ3v) is 4.19. The molecule has 1 amide bonds. The van der Waals surface area contributed by atoms with Crippen molar-refractivity contribution in [3.63, 3.8) is 0 Å². The molecule has 0 saturated heterocycles. The van der Waals surface area contributed by atoms with Crippen LogP contribution in [0.3, 0.4) is 0 Å². The number of hydrazone groups is 1. The zero-order chi connectivity index (χ0) is 19.9. The first-order chi connectivity index (χ1) is 13.6.